The largest absolute Gasteiger partial charge is 0.324 e. The van der Waals surface area contributed by atoms with E-state index in [9.17, 15) is 19.7 Å². The van der Waals surface area contributed by atoms with Gasteiger partial charge in [0, 0.05) is 22.2 Å². The van der Waals surface area contributed by atoms with Crippen LogP contribution in [0.1, 0.15) is 29.3 Å². The van der Waals surface area contributed by atoms with Crippen LogP contribution < -0.4 is 10.9 Å². The third kappa shape index (κ3) is 3.65. The van der Waals surface area contributed by atoms with Gasteiger partial charge in [-0.05, 0) is 43.7 Å². The van der Waals surface area contributed by atoms with Gasteiger partial charge >= 0.3 is 0 Å². The number of fused-ring (bicyclic) bond motifs is 3. The second kappa shape index (κ2) is 7.40. The molecule has 150 valence electrons. The molecule has 0 bridgehead atoms. The Hall–Kier alpha value is -3.07. The summed E-state index contributed by atoms with van der Waals surface area (Å²) in [5.41, 5.74) is 1.62. The zero-order valence-electron chi connectivity index (χ0n) is 16.1. The zero-order valence-corrected chi connectivity index (χ0v) is 16.9. The van der Waals surface area contributed by atoms with E-state index in [2.05, 4.69) is 17.2 Å². The summed E-state index contributed by atoms with van der Waals surface area (Å²) in [7, 11) is 0. The lowest BCUT2D eigenvalue weighted by atomic mass is 9.89. The van der Waals surface area contributed by atoms with Gasteiger partial charge < -0.3 is 5.32 Å². The Kier molecular flexibility index (Phi) is 4.91. The van der Waals surface area contributed by atoms with Crippen LogP contribution in [0.5, 0.6) is 0 Å². The van der Waals surface area contributed by atoms with Gasteiger partial charge in [-0.15, -0.1) is 11.3 Å². The van der Waals surface area contributed by atoms with E-state index in [0.717, 1.165) is 29.7 Å². The molecule has 1 aliphatic carbocycles. The average molecular weight is 412 g/mol. The van der Waals surface area contributed by atoms with Gasteiger partial charge in [0.1, 0.15) is 11.4 Å². The lowest BCUT2D eigenvalue weighted by molar-refractivity contribution is -0.385. The van der Waals surface area contributed by atoms with Crippen LogP contribution in [0, 0.1) is 23.0 Å². The predicted molar refractivity (Wildman–Crippen MR) is 112 cm³/mol. The van der Waals surface area contributed by atoms with Crippen molar-refractivity contribution in [2.75, 3.05) is 5.32 Å². The van der Waals surface area contributed by atoms with Crippen LogP contribution >= 0.6 is 11.3 Å². The first-order chi connectivity index (χ1) is 13.8. The smallest absolute Gasteiger partial charge is 0.274 e. The third-order valence-corrected chi connectivity index (χ3v) is 6.45. The molecule has 1 amide bonds. The van der Waals surface area contributed by atoms with E-state index in [1.807, 2.05) is 0 Å². The molecule has 0 aliphatic heterocycles. The van der Waals surface area contributed by atoms with Crippen molar-refractivity contribution in [2.24, 2.45) is 5.92 Å². The summed E-state index contributed by atoms with van der Waals surface area (Å²) in [6.07, 6.45) is 4.26. The van der Waals surface area contributed by atoms with Crippen molar-refractivity contribution in [3.63, 3.8) is 0 Å². The first kappa shape index (κ1) is 19.3. The number of amides is 1. The highest BCUT2D eigenvalue weighted by atomic mass is 32.1. The van der Waals surface area contributed by atoms with E-state index < -0.39 is 10.8 Å². The molecule has 2 aromatic heterocycles. The number of anilines is 1. The lowest BCUT2D eigenvalue weighted by Crippen LogP contribution is -2.28. The Morgan fingerprint density at radius 2 is 2.24 bits per heavy atom. The summed E-state index contributed by atoms with van der Waals surface area (Å²) < 4.78 is 1.30. The van der Waals surface area contributed by atoms with Gasteiger partial charge in [-0.25, -0.2) is 4.98 Å². The summed E-state index contributed by atoms with van der Waals surface area (Å²) in [6.45, 7) is 3.63. The van der Waals surface area contributed by atoms with E-state index in [0.29, 0.717) is 22.6 Å². The van der Waals surface area contributed by atoms with Gasteiger partial charge in [-0.3, -0.25) is 24.3 Å². The maximum absolute atomic E-state index is 13.0. The van der Waals surface area contributed by atoms with Gasteiger partial charge in [-0.2, -0.15) is 0 Å². The summed E-state index contributed by atoms with van der Waals surface area (Å²) in [4.78, 5) is 42.3. The number of nitro groups is 1. The highest BCUT2D eigenvalue weighted by Crippen LogP contribution is 2.35. The molecule has 0 saturated heterocycles. The van der Waals surface area contributed by atoms with Crippen LogP contribution in [-0.4, -0.2) is 20.4 Å². The molecule has 0 spiro atoms. The summed E-state index contributed by atoms with van der Waals surface area (Å²) in [5, 5.41) is 14.3. The number of rotatable bonds is 4. The Labute approximate surface area is 170 Å². The van der Waals surface area contributed by atoms with Crippen LogP contribution in [0.2, 0.25) is 0 Å². The molecule has 0 fully saturated rings. The molecule has 29 heavy (non-hydrogen) atoms. The molecule has 8 nitrogen and oxygen atoms in total. The van der Waals surface area contributed by atoms with Crippen molar-refractivity contribution in [3.8, 4) is 0 Å². The molecule has 9 heteroatoms. The second-order valence-electron chi connectivity index (χ2n) is 7.52. The number of nitrogens with zero attached hydrogens (tertiary/aromatic N) is 3. The molecular formula is C20H20N4O4S. The summed E-state index contributed by atoms with van der Waals surface area (Å²) in [5.74, 6) is 0.159. The number of hydrogen-bond donors (Lipinski definition) is 1. The quantitative estimate of drug-likeness (QED) is 0.522. The fourth-order valence-electron chi connectivity index (χ4n) is 3.72. The van der Waals surface area contributed by atoms with E-state index in [1.165, 1.54) is 21.8 Å². The minimum absolute atomic E-state index is 0.0674. The van der Waals surface area contributed by atoms with Crippen molar-refractivity contribution < 1.29 is 9.72 Å². The van der Waals surface area contributed by atoms with Crippen molar-refractivity contribution in [1.29, 1.82) is 0 Å². The number of thiophene rings is 1. The molecule has 1 unspecified atom stereocenters. The van der Waals surface area contributed by atoms with E-state index >= 15 is 0 Å². The van der Waals surface area contributed by atoms with Crippen LogP contribution in [0.15, 0.2) is 29.3 Å². The van der Waals surface area contributed by atoms with Crippen molar-refractivity contribution in [3.05, 3.63) is 61.0 Å². The number of carbonyl (C=O) groups is 1. The predicted octanol–water partition coefficient (Wildman–Crippen LogP) is 3.44. The molecule has 3 aromatic rings. The number of nitro benzene ring substituents is 1. The van der Waals surface area contributed by atoms with Crippen LogP contribution in [-0.2, 0) is 24.2 Å². The van der Waals surface area contributed by atoms with Crippen molar-refractivity contribution >= 4 is 38.8 Å². The van der Waals surface area contributed by atoms with Gasteiger partial charge in [0.15, 0.2) is 0 Å². The Bertz CT molecular complexity index is 1200. The molecule has 2 heterocycles. The van der Waals surface area contributed by atoms with Gasteiger partial charge in [0.2, 0.25) is 5.91 Å². The lowest BCUT2D eigenvalue weighted by Gasteiger charge is -2.17. The third-order valence-electron chi connectivity index (χ3n) is 5.29. The average Bonchev–Trinajstić information content (AvgIpc) is 3.03. The number of carbonyl (C=O) groups excluding carboxylic acids is 1. The maximum Gasteiger partial charge on any atom is 0.274 e. The number of aromatic nitrogens is 2. The van der Waals surface area contributed by atoms with Crippen molar-refractivity contribution in [1.82, 2.24) is 9.55 Å². The fourth-order valence-corrected chi connectivity index (χ4v) is 5.06. The number of hydrogen-bond acceptors (Lipinski definition) is 6. The second-order valence-corrected chi connectivity index (χ2v) is 8.60. The minimum Gasteiger partial charge on any atom is -0.324 e. The molecule has 4 rings (SSSR count). The minimum atomic E-state index is -0.492. The molecule has 1 aromatic carbocycles. The molecular weight excluding hydrogens is 392 g/mol. The Morgan fingerprint density at radius 1 is 1.45 bits per heavy atom. The SMILES string of the molecule is Cc1ccc(NC(=O)Cn2cnc3sc4c(c3c2=O)CCC(C)C4)cc1[N+](=O)[O-]. The Morgan fingerprint density at radius 3 is 3.00 bits per heavy atom. The van der Waals surface area contributed by atoms with E-state index in [1.54, 1.807) is 30.4 Å². The fraction of sp³-hybridized carbons (Fsp3) is 0.350. The molecule has 1 atom stereocenters. The Balaban J connectivity index is 1.59. The first-order valence-electron chi connectivity index (χ1n) is 9.38. The van der Waals surface area contributed by atoms with E-state index in [-0.39, 0.29) is 17.8 Å². The van der Waals surface area contributed by atoms with Gasteiger partial charge in [-0.1, -0.05) is 13.0 Å². The summed E-state index contributed by atoms with van der Waals surface area (Å²) in [6, 6.07) is 4.49. The van der Waals surface area contributed by atoms with Crippen LogP contribution in [0.25, 0.3) is 10.2 Å². The van der Waals surface area contributed by atoms with Gasteiger partial charge in [0.05, 0.1) is 16.6 Å². The van der Waals surface area contributed by atoms with E-state index in [4.69, 9.17) is 0 Å². The maximum atomic E-state index is 13.0. The normalized spacial score (nSPS) is 15.9. The highest BCUT2D eigenvalue weighted by molar-refractivity contribution is 7.18. The topological polar surface area (TPSA) is 107 Å². The molecule has 0 radical (unpaired) electrons. The number of nitrogens with one attached hydrogen (secondary N) is 1. The van der Waals surface area contributed by atoms with Crippen LogP contribution in [0.3, 0.4) is 0 Å². The first-order valence-corrected chi connectivity index (χ1v) is 10.2. The van der Waals surface area contributed by atoms with Gasteiger partial charge in [0.25, 0.3) is 11.2 Å². The summed E-state index contributed by atoms with van der Waals surface area (Å²) >= 11 is 1.56. The molecule has 0 saturated carbocycles. The van der Waals surface area contributed by atoms with Crippen LogP contribution in [0.4, 0.5) is 11.4 Å². The molecule has 1 N–H and O–H groups in total. The van der Waals surface area contributed by atoms with Crippen molar-refractivity contribution in [2.45, 2.75) is 39.7 Å². The molecule has 1 aliphatic rings. The number of benzene rings is 1. The highest BCUT2D eigenvalue weighted by Gasteiger charge is 2.23. The monoisotopic (exact) mass is 412 g/mol. The zero-order chi connectivity index (χ0) is 20.7. The number of aryl methyl sites for hydroxylation is 2. The standard InChI is InChI=1S/C20H20N4O4S/c1-11-3-6-14-16(7-11)29-19-18(14)20(26)23(10-21-19)9-17(25)22-13-5-4-12(2)15(8-13)24(27)28/h4-5,8,10-11H,3,6-7,9H2,1-2H3,(H,22,25).